The summed E-state index contributed by atoms with van der Waals surface area (Å²) in [4.78, 5) is 29.5. The summed E-state index contributed by atoms with van der Waals surface area (Å²) in [6.45, 7) is 1.74. The number of rotatable bonds is 2. The van der Waals surface area contributed by atoms with E-state index >= 15 is 0 Å². The van der Waals surface area contributed by atoms with Crippen molar-refractivity contribution in [1.29, 1.82) is 0 Å². The Morgan fingerprint density at radius 1 is 1.61 bits per heavy atom. The van der Waals surface area contributed by atoms with Gasteiger partial charge in [0.2, 0.25) is 0 Å². The second kappa shape index (κ2) is 5.99. The van der Waals surface area contributed by atoms with Gasteiger partial charge in [-0.25, -0.2) is 4.79 Å². The minimum absolute atomic E-state index is 0. The molecular weight excluding hydrogens is 247 g/mol. The standard InChI is InChI=1S/C11H10N2O4.Na.H/c1-2-17-11(16)7-9(14)8-6(13-10(7)15)4-3-5-12-8;;/h3-5H,2H2,1H3,(H2,13,14,15);;/q;+1;-1. The van der Waals surface area contributed by atoms with Crippen LogP contribution in [0.1, 0.15) is 18.7 Å². The summed E-state index contributed by atoms with van der Waals surface area (Å²) in [6.07, 6.45) is 1.45. The van der Waals surface area contributed by atoms with E-state index in [2.05, 4.69) is 9.97 Å². The molecule has 18 heavy (non-hydrogen) atoms. The molecule has 2 aromatic rings. The Hall–Kier alpha value is -1.37. The van der Waals surface area contributed by atoms with Gasteiger partial charge in [0.25, 0.3) is 5.56 Å². The molecule has 0 spiro atoms. The molecule has 2 heterocycles. The number of carbonyl (C=O) groups is 1. The first kappa shape index (κ1) is 14.7. The van der Waals surface area contributed by atoms with Crippen molar-refractivity contribution >= 4 is 17.0 Å². The summed E-state index contributed by atoms with van der Waals surface area (Å²) in [6, 6.07) is 3.19. The van der Waals surface area contributed by atoms with E-state index in [1.54, 1.807) is 19.1 Å². The van der Waals surface area contributed by atoms with Crippen molar-refractivity contribution in [3.63, 3.8) is 0 Å². The van der Waals surface area contributed by atoms with Gasteiger partial charge in [-0.3, -0.25) is 9.78 Å². The van der Waals surface area contributed by atoms with Crippen molar-refractivity contribution in [1.82, 2.24) is 9.97 Å². The van der Waals surface area contributed by atoms with Crippen molar-refractivity contribution in [2.24, 2.45) is 0 Å². The van der Waals surface area contributed by atoms with Crippen LogP contribution in [0.25, 0.3) is 11.0 Å². The van der Waals surface area contributed by atoms with Crippen LogP contribution in [-0.2, 0) is 4.74 Å². The number of fused-ring (bicyclic) bond motifs is 1. The molecule has 0 aromatic carbocycles. The Balaban J connectivity index is 0.00000162. The largest absolute Gasteiger partial charge is 1.00 e. The number of hydrogen-bond donors (Lipinski definition) is 2. The van der Waals surface area contributed by atoms with Crippen molar-refractivity contribution in [2.45, 2.75) is 6.92 Å². The molecule has 0 saturated heterocycles. The summed E-state index contributed by atoms with van der Waals surface area (Å²) in [5, 5.41) is 9.84. The van der Waals surface area contributed by atoms with Crippen molar-refractivity contribution < 1.29 is 45.6 Å². The number of pyridine rings is 2. The molecule has 2 rings (SSSR count). The zero-order valence-corrected chi connectivity index (χ0v) is 12.1. The predicted octanol–water partition coefficient (Wildman–Crippen LogP) is -2.08. The third-order valence-corrected chi connectivity index (χ3v) is 2.22. The van der Waals surface area contributed by atoms with Crippen molar-refractivity contribution in [3.8, 4) is 5.75 Å². The maximum atomic E-state index is 11.6. The number of hydrogen-bond acceptors (Lipinski definition) is 5. The fraction of sp³-hybridized carbons (Fsp3) is 0.182. The van der Waals surface area contributed by atoms with E-state index < -0.39 is 22.8 Å². The van der Waals surface area contributed by atoms with Gasteiger partial charge in [0.05, 0.1) is 12.1 Å². The van der Waals surface area contributed by atoms with Crippen LogP contribution in [0.3, 0.4) is 0 Å². The molecule has 0 radical (unpaired) electrons. The number of nitrogens with zero attached hydrogens (tertiary/aromatic N) is 1. The number of carbonyl (C=O) groups excluding carboxylic acids is 1. The van der Waals surface area contributed by atoms with Gasteiger partial charge in [-0.2, -0.15) is 0 Å². The summed E-state index contributed by atoms with van der Waals surface area (Å²) in [7, 11) is 0. The topological polar surface area (TPSA) is 92.3 Å². The third kappa shape index (κ3) is 2.55. The number of aromatic nitrogens is 2. The average Bonchev–Trinajstić information content (AvgIpc) is 2.29. The maximum absolute atomic E-state index is 11.6. The minimum Gasteiger partial charge on any atom is -1.00 e. The quantitative estimate of drug-likeness (QED) is 0.476. The molecule has 7 heteroatoms. The monoisotopic (exact) mass is 258 g/mol. The van der Waals surface area contributed by atoms with Crippen LogP contribution in [0, 0.1) is 0 Å². The molecule has 0 unspecified atom stereocenters. The van der Waals surface area contributed by atoms with Gasteiger partial charge in [-0.1, -0.05) is 0 Å². The summed E-state index contributed by atoms with van der Waals surface area (Å²) >= 11 is 0. The van der Waals surface area contributed by atoms with E-state index in [0.717, 1.165) is 0 Å². The molecule has 0 aliphatic heterocycles. The molecular formula is C11H11N2NaO4. The van der Waals surface area contributed by atoms with Crippen LogP contribution in [0.4, 0.5) is 0 Å². The van der Waals surface area contributed by atoms with E-state index in [9.17, 15) is 14.7 Å². The zero-order valence-electron chi connectivity index (χ0n) is 11.1. The molecule has 2 N–H and O–H groups in total. The van der Waals surface area contributed by atoms with E-state index in [-0.39, 0.29) is 43.1 Å². The Bertz CT molecular complexity index is 644. The molecule has 90 valence electrons. The molecule has 2 aromatic heterocycles. The predicted molar refractivity (Wildman–Crippen MR) is 61.1 cm³/mol. The average molecular weight is 258 g/mol. The summed E-state index contributed by atoms with van der Waals surface area (Å²) in [5.74, 6) is -1.32. The van der Waals surface area contributed by atoms with E-state index in [0.29, 0.717) is 5.52 Å². The number of H-pyrrole nitrogens is 1. The molecule has 0 aliphatic rings. The van der Waals surface area contributed by atoms with Crippen LogP contribution < -0.4 is 35.1 Å². The van der Waals surface area contributed by atoms with E-state index in [4.69, 9.17) is 4.74 Å². The maximum Gasteiger partial charge on any atom is 1.00 e. The van der Waals surface area contributed by atoms with Gasteiger partial charge in [0, 0.05) is 6.20 Å². The second-order valence-corrected chi connectivity index (χ2v) is 3.30. The van der Waals surface area contributed by atoms with Crippen molar-refractivity contribution in [2.75, 3.05) is 6.61 Å². The van der Waals surface area contributed by atoms with Gasteiger partial charge in [-0.05, 0) is 19.1 Å². The number of ether oxygens (including phenoxy) is 1. The zero-order chi connectivity index (χ0) is 12.4. The van der Waals surface area contributed by atoms with Crippen LogP contribution in [0.15, 0.2) is 23.1 Å². The second-order valence-electron chi connectivity index (χ2n) is 3.30. The summed E-state index contributed by atoms with van der Waals surface area (Å²) < 4.78 is 4.69. The number of aromatic hydroxyl groups is 1. The molecule has 0 amide bonds. The Morgan fingerprint density at radius 3 is 3.00 bits per heavy atom. The molecule has 0 aliphatic carbocycles. The molecule has 0 fully saturated rings. The normalized spacial score (nSPS) is 9.83. The Morgan fingerprint density at radius 2 is 2.33 bits per heavy atom. The Labute approximate surface area is 126 Å². The fourth-order valence-corrected chi connectivity index (χ4v) is 1.50. The summed E-state index contributed by atoms with van der Waals surface area (Å²) in [5.41, 5.74) is -0.585. The first-order valence-electron chi connectivity index (χ1n) is 5.02. The number of aromatic amines is 1. The third-order valence-electron chi connectivity index (χ3n) is 2.22. The molecule has 6 nitrogen and oxygen atoms in total. The van der Waals surface area contributed by atoms with Gasteiger partial charge >= 0.3 is 35.5 Å². The minimum atomic E-state index is -0.862. The van der Waals surface area contributed by atoms with Gasteiger partial charge in [0.15, 0.2) is 11.3 Å². The fourth-order valence-electron chi connectivity index (χ4n) is 1.50. The molecule has 0 atom stereocenters. The first-order chi connectivity index (χ1) is 8.15. The SMILES string of the molecule is CCOC(=O)c1c(O)c2ncccc2[nH]c1=O.[H-].[Na+]. The smallest absolute Gasteiger partial charge is 1.00 e. The van der Waals surface area contributed by atoms with Crippen LogP contribution >= 0.6 is 0 Å². The van der Waals surface area contributed by atoms with Crippen LogP contribution in [0.2, 0.25) is 0 Å². The van der Waals surface area contributed by atoms with Gasteiger partial charge < -0.3 is 16.3 Å². The Kier molecular flexibility index (Phi) is 4.89. The van der Waals surface area contributed by atoms with Crippen LogP contribution in [-0.4, -0.2) is 27.7 Å². The van der Waals surface area contributed by atoms with Gasteiger partial charge in [-0.15, -0.1) is 0 Å². The number of nitrogens with one attached hydrogen (secondary N) is 1. The number of esters is 1. The van der Waals surface area contributed by atoms with E-state index in [1.807, 2.05) is 0 Å². The van der Waals surface area contributed by atoms with Crippen LogP contribution in [0.5, 0.6) is 5.75 Å². The van der Waals surface area contributed by atoms with Crippen molar-refractivity contribution in [3.05, 3.63) is 34.2 Å². The van der Waals surface area contributed by atoms with E-state index in [1.165, 1.54) is 6.20 Å². The molecule has 0 saturated carbocycles. The molecule has 0 bridgehead atoms. The first-order valence-corrected chi connectivity index (χ1v) is 5.02. The van der Waals surface area contributed by atoms with Gasteiger partial charge in [0.1, 0.15) is 5.52 Å².